The summed E-state index contributed by atoms with van der Waals surface area (Å²) in [7, 11) is -2.19. The van der Waals surface area contributed by atoms with Crippen molar-refractivity contribution in [2.24, 2.45) is 0 Å². The number of benzene rings is 2. The van der Waals surface area contributed by atoms with Gasteiger partial charge in [0.15, 0.2) is 0 Å². The van der Waals surface area contributed by atoms with Crippen molar-refractivity contribution >= 4 is 10.0 Å². The lowest BCUT2D eigenvalue weighted by molar-refractivity contribution is 0.0517. The Morgan fingerprint density at radius 2 is 1.68 bits per heavy atom. The summed E-state index contributed by atoms with van der Waals surface area (Å²) < 4.78 is 39.1. The highest BCUT2D eigenvalue weighted by Gasteiger charge is 2.36. The Labute approximate surface area is 149 Å². The number of hydrogen-bond donors (Lipinski definition) is 1. The molecule has 1 heterocycles. The van der Waals surface area contributed by atoms with Gasteiger partial charge >= 0.3 is 0 Å². The molecular formula is C19H23NO4S. The fourth-order valence-electron chi connectivity index (χ4n) is 3.27. The van der Waals surface area contributed by atoms with Gasteiger partial charge < -0.3 is 9.47 Å². The van der Waals surface area contributed by atoms with Crippen LogP contribution in [0.5, 0.6) is 5.75 Å². The van der Waals surface area contributed by atoms with Gasteiger partial charge in [0.05, 0.1) is 7.11 Å². The number of hydrogen-bond acceptors (Lipinski definition) is 4. The first kappa shape index (κ1) is 17.9. The molecule has 0 atom stereocenters. The first-order chi connectivity index (χ1) is 12.1. The van der Waals surface area contributed by atoms with E-state index in [-0.39, 0.29) is 10.3 Å². The van der Waals surface area contributed by atoms with Crippen LogP contribution < -0.4 is 9.46 Å². The fourth-order valence-corrected chi connectivity index (χ4v) is 4.57. The van der Waals surface area contributed by atoms with E-state index in [4.69, 9.17) is 9.47 Å². The molecule has 0 radical (unpaired) electrons. The van der Waals surface area contributed by atoms with Crippen molar-refractivity contribution in [3.8, 4) is 5.75 Å². The molecule has 0 spiro atoms. The Kier molecular flexibility index (Phi) is 5.42. The van der Waals surface area contributed by atoms with Crippen LogP contribution in [0, 0.1) is 0 Å². The Bertz CT molecular complexity index is 799. The van der Waals surface area contributed by atoms with Crippen molar-refractivity contribution in [3.63, 3.8) is 0 Å². The lowest BCUT2D eigenvalue weighted by Crippen LogP contribution is -2.44. The molecule has 0 amide bonds. The van der Waals surface area contributed by atoms with Gasteiger partial charge in [-0.1, -0.05) is 42.5 Å². The van der Waals surface area contributed by atoms with Crippen molar-refractivity contribution in [2.75, 3.05) is 26.9 Å². The number of rotatable bonds is 6. The van der Waals surface area contributed by atoms with Gasteiger partial charge in [-0.05, 0) is 30.5 Å². The van der Waals surface area contributed by atoms with Gasteiger partial charge in [-0.15, -0.1) is 0 Å². The third-order valence-electron chi connectivity index (χ3n) is 4.80. The number of nitrogens with one attached hydrogen (secondary N) is 1. The molecule has 0 bridgehead atoms. The summed E-state index contributed by atoms with van der Waals surface area (Å²) in [5.74, 6) is 0.343. The molecule has 134 valence electrons. The monoisotopic (exact) mass is 361 g/mol. The molecule has 1 saturated heterocycles. The van der Waals surface area contributed by atoms with E-state index in [1.807, 2.05) is 18.2 Å². The highest BCUT2D eigenvalue weighted by molar-refractivity contribution is 7.89. The van der Waals surface area contributed by atoms with Crippen molar-refractivity contribution in [2.45, 2.75) is 23.2 Å². The summed E-state index contributed by atoms with van der Waals surface area (Å²) >= 11 is 0. The first-order valence-corrected chi connectivity index (χ1v) is 9.82. The Morgan fingerprint density at radius 3 is 2.36 bits per heavy atom. The maximum absolute atomic E-state index is 12.8. The van der Waals surface area contributed by atoms with Gasteiger partial charge in [0.25, 0.3) is 0 Å². The molecule has 3 rings (SSSR count). The lowest BCUT2D eigenvalue weighted by Gasteiger charge is -2.37. The Balaban J connectivity index is 1.86. The summed E-state index contributed by atoms with van der Waals surface area (Å²) in [6.45, 7) is 1.59. The second kappa shape index (κ2) is 7.56. The van der Waals surface area contributed by atoms with Crippen LogP contribution in [0.4, 0.5) is 0 Å². The molecule has 6 heteroatoms. The molecule has 2 aromatic carbocycles. The minimum Gasteiger partial charge on any atom is -0.495 e. The van der Waals surface area contributed by atoms with Crippen molar-refractivity contribution in [1.29, 1.82) is 0 Å². The molecule has 1 fully saturated rings. The number of sulfonamides is 1. The highest BCUT2D eigenvalue weighted by Crippen LogP contribution is 2.35. The van der Waals surface area contributed by atoms with E-state index < -0.39 is 10.0 Å². The summed E-state index contributed by atoms with van der Waals surface area (Å²) in [5.41, 5.74) is 0.884. The lowest BCUT2D eigenvalue weighted by atomic mass is 9.74. The summed E-state index contributed by atoms with van der Waals surface area (Å²) in [6, 6.07) is 16.7. The molecule has 1 N–H and O–H groups in total. The Morgan fingerprint density at radius 1 is 1.04 bits per heavy atom. The largest absolute Gasteiger partial charge is 0.495 e. The topological polar surface area (TPSA) is 64.6 Å². The maximum atomic E-state index is 12.8. The van der Waals surface area contributed by atoms with Crippen LogP contribution in [-0.2, 0) is 20.2 Å². The zero-order valence-corrected chi connectivity index (χ0v) is 15.1. The van der Waals surface area contributed by atoms with E-state index in [1.54, 1.807) is 24.3 Å². The second-order valence-corrected chi connectivity index (χ2v) is 7.97. The Hall–Kier alpha value is -1.89. The number of para-hydroxylation sites is 1. The molecule has 0 aliphatic carbocycles. The maximum Gasteiger partial charge on any atom is 0.244 e. The van der Waals surface area contributed by atoms with Gasteiger partial charge in [-0.3, -0.25) is 0 Å². The fraction of sp³-hybridized carbons (Fsp3) is 0.368. The van der Waals surface area contributed by atoms with E-state index in [1.165, 1.54) is 7.11 Å². The van der Waals surface area contributed by atoms with Gasteiger partial charge in [-0.25, -0.2) is 13.1 Å². The minimum atomic E-state index is -3.66. The smallest absolute Gasteiger partial charge is 0.244 e. The molecule has 5 nitrogen and oxygen atoms in total. The average Bonchev–Trinajstić information content (AvgIpc) is 2.68. The van der Waals surface area contributed by atoms with Gasteiger partial charge in [0, 0.05) is 25.2 Å². The van der Waals surface area contributed by atoms with Gasteiger partial charge in [0.2, 0.25) is 10.0 Å². The normalized spacial score (nSPS) is 17.2. The van der Waals surface area contributed by atoms with Crippen molar-refractivity contribution < 1.29 is 17.9 Å². The molecule has 1 aliphatic rings. The number of methoxy groups -OCH3 is 1. The molecule has 25 heavy (non-hydrogen) atoms. The first-order valence-electron chi connectivity index (χ1n) is 8.33. The third-order valence-corrected chi connectivity index (χ3v) is 6.24. The molecule has 1 aliphatic heterocycles. The zero-order chi connectivity index (χ0) is 17.8. The molecule has 0 aromatic heterocycles. The second-order valence-electron chi connectivity index (χ2n) is 6.23. The third kappa shape index (κ3) is 3.86. The predicted octanol–water partition coefficient (Wildman–Crippen LogP) is 2.72. The zero-order valence-electron chi connectivity index (χ0n) is 14.3. The van der Waals surface area contributed by atoms with Gasteiger partial charge in [0.1, 0.15) is 10.6 Å². The van der Waals surface area contributed by atoms with Crippen LogP contribution in [0.2, 0.25) is 0 Å². The van der Waals surface area contributed by atoms with Crippen LogP contribution >= 0.6 is 0 Å². The van der Waals surface area contributed by atoms with E-state index in [0.717, 1.165) is 18.4 Å². The average molecular weight is 361 g/mol. The predicted molar refractivity (Wildman–Crippen MR) is 96.4 cm³/mol. The van der Waals surface area contributed by atoms with E-state index >= 15 is 0 Å². The quantitative estimate of drug-likeness (QED) is 0.859. The van der Waals surface area contributed by atoms with E-state index in [2.05, 4.69) is 16.9 Å². The highest BCUT2D eigenvalue weighted by atomic mass is 32.2. The van der Waals surface area contributed by atoms with Crippen LogP contribution in [0.3, 0.4) is 0 Å². The van der Waals surface area contributed by atoms with Crippen LogP contribution in [0.15, 0.2) is 59.5 Å². The van der Waals surface area contributed by atoms with E-state index in [9.17, 15) is 8.42 Å². The summed E-state index contributed by atoms with van der Waals surface area (Å²) in [4.78, 5) is 0.160. The molecule has 2 aromatic rings. The molecule has 0 unspecified atom stereocenters. The van der Waals surface area contributed by atoms with E-state index in [0.29, 0.717) is 25.5 Å². The summed E-state index contributed by atoms with van der Waals surface area (Å²) in [5, 5.41) is 0. The van der Waals surface area contributed by atoms with Crippen molar-refractivity contribution in [3.05, 3.63) is 60.2 Å². The standard InChI is InChI=1S/C19H23NO4S/c1-23-17-9-5-6-10-18(17)25(21,22)20-15-19(11-13-24-14-12-19)16-7-3-2-4-8-16/h2-10,20H,11-15H2,1H3. The van der Waals surface area contributed by atoms with Crippen molar-refractivity contribution in [1.82, 2.24) is 4.72 Å². The van der Waals surface area contributed by atoms with Crippen LogP contribution in [0.1, 0.15) is 18.4 Å². The summed E-state index contributed by atoms with van der Waals surface area (Å²) in [6.07, 6.45) is 1.57. The SMILES string of the molecule is COc1ccccc1S(=O)(=O)NCC1(c2ccccc2)CCOCC1. The minimum absolute atomic E-state index is 0.160. The molecular weight excluding hydrogens is 338 g/mol. The van der Waals surface area contributed by atoms with Gasteiger partial charge in [-0.2, -0.15) is 0 Å². The van der Waals surface area contributed by atoms with Crippen LogP contribution in [0.25, 0.3) is 0 Å². The number of ether oxygens (including phenoxy) is 2. The van der Waals surface area contributed by atoms with Crippen LogP contribution in [-0.4, -0.2) is 35.3 Å². The molecule has 0 saturated carbocycles.